The molecule has 5 unspecified atom stereocenters. The molecule has 4 heteroatoms. The highest BCUT2D eigenvalue weighted by molar-refractivity contribution is 5.72. The molecule has 3 N–H and O–H groups in total. The maximum absolute atomic E-state index is 13.8. The van der Waals surface area contributed by atoms with Crippen molar-refractivity contribution in [2.75, 3.05) is 7.05 Å². The Morgan fingerprint density at radius 1 is 1.07 bits per heavy atom. The Labute approximate surface area is 174 Å². The second-order valence-corrected chi connectivity index (χ2v) is 9.97. The van der Waals surface area contributed by atoms with E-state index >= 15 is 0 Å². The molecule has 0 amide bonds. The van der Waals surface area contributed by atoms with Gasteiger partial charge in [-0.25, -0.2) is 4.39 Å². The number of aromatic nitrogens is 1. The zero-order chi connectivity index (χ0) is 20.8. The van der Waals surface area contributed by atoms with Crippen LogP contribution in [0.5, 0.6) is 0 Å². The molecule has 29 heavy (non-hydrogen) atoms. The molecule has 2 fully saturated rings. The molecule has 0 aromatic carbocycles. The fourth-order valence-electron chi connectivity index (χ4n) is 7.04. The van der Waals surface area contributed by atoms with E-state index in [1.54, 1.807) is 6.07 Å². The van der Waals surface area contributed by atoms with Gasteiger partial charge in [0.15, 0.2) is 0 Å². The molecule has 4 aliphatic rings. The number of nitrogens with two attached hydrogens (primary N) is 1. The van der Waals surface area contributed by atoms with Crippen molar-refractivity contribution in [1.29, 1.82) is 0 Å². The van der Waals surface area contributed by atoms with Gasteiger partial charge in [-0.15, -0.1) is 0 Å². The predicted octanol–water partition coefficient (Wildman–Crippen LogP) is 5.11. The summed E-state index contributed by atoms with van der Waals surface area (Å²) in [4.78, 5) is 4.10. The fourth-order valence-corrected chi connectivity index (χ4v) is 7.04. The summed E-state index contributed by atoms with van der Waals surface area (Å²) in [5, 5.41) is 10.5. The van der Waals surface area contributed by atoms with Crippen molar-refractivity contribution in [3.05, 3.63) is 47.6 Å². The van der Waals surface area contributed by atoms with Gasteiger partial charge >= 0.3 is 0 Å². The van der Waals surface area contributed by atoms with E-state index in [1.807, 2.05) is 13.1 Å². The Hall–Kier alpha value is -1.52. The lowest BCUT2D eigenvalue weighted by atomic mass is 9.51. The summed E-state index contributed by atoms with van der Waals surface area (Å²) in [6.45, 7) is 4.40. The van der Waals surface area contributed by atoms with Crippen LogP contribution in [0.2, 0.25) is 0 Å². The molecule has 5 rings (SSSR count). The lowest BCUT2D eigenvalue weighted by Gasteiger charge is -2.54. The van der Waals surface area contributed by atoms with Crippen LogP contribution in [0.25, 0.3) is 5.57 Å². The standard InChI is InChI=1S/C24H30FNO.CH5N/c1-23(27)9-7-18-15(12-23)3-4-20-19(18)8-10-24(2)21(5-6-22(20)24)16-11-17(25)14-26-13-16;1-2/h3,5,11,13-14,18-20,22,27H,4,6-10,12H2,1-2H3;2H2,1H3/t18?,19?,20?,22?,23-,24?;/m0./s1. The van der Waals surface area contributed by atoms with Crippen molar-refractivity contribution in [1.82, 2.24) is 4.98 Å². The van der Waals surface area contributed by atoms with Crippen LogP contribution in [-0.4, -0.2) is 22.7 Å². The van der Waals surface area contributed by atoms with Crippen LogP contribution in [0.4, 0.5) is 4.39 Å². The summed E-state index contributed by atoms with van der Waals surface area (Å²) in [7, 11) is 1.50. The summed E-state index contributed by atoms with van der Waals surface area (Å²) < 4.78 is 13.8. The van der Waals surface area contributed by atoms with E-state index in [0.29, 0.717) is 11.8 Å². The van der Waals surface area contributed by atoms with E-state index < -0.39 is 5.60 Å². The fraction of sp³-hybridized carbons (Fsp3) is 0.640. The minimum absolute atomic E-state index is 0.141. The Morgan fingerprint density at radius 2 is 1.86 bits per heavy atom. The number of hydrogen-bond acceptors (Lipinski definition) is 3. The zero-order valence-corrected chi connectivity index (χ0v) is 18.0. The van der Waals surface area contributed by atoms with Crippen molar-refractivity contribution in [3.8, 4) is 0 Å². The number of fused-ring (bicyclic) bond motifs is 5. The number of hydrogen-bond donors (Lipinski definition) is 2. The summed E-state index contributed by atoms with van der Waals surface area (Å²) in [6.07, 6.45) is 15.6. The van der Waals surface area contributed by atoms with Crippen LogP contribution in [0.3, 0.4) is 0 Å². The molecule has 0 radical (unpaired) electrons. The van der Waals surface area contributed by atoms with Crippen LogP contribution >= 0.6 is 0 Å². The Bertz CT molecular complexity index is 830. The van der Waals surface area contributed by atoms with E-state index in [0.717, 1.165) is 49.5 Å². The highest BCUT2D eigenvalue weighted by Gasteiger charge is 2.54. The van der Waals surface area contributed by atoms with Crippen molar-refractivity contribution < 1.29 is 9.50 Å². The SMILES string of the molecule is CC12CCC3C4CC[C@](C)(O)CC4=CCC3C1CC=C2c1cncc(F)c1.CN. The second kappa shape index (κ2) is 7.63. The number of rotatable bonds is 1. The molecule has 0 spiro atoms. The first-order valence-electron chi connectivity index (χ1n) is 11.2. The molecule has 1 heterocycles. The third kappa shape index (κ3) is 3.48. The monoisotopic (exact) mass is 398 g/mol. The minimum atomic E-state index is -0.509. The quantitative estimate of drug-likeness (QED) is 0.646. The third-order valence-corrected chi connectivity index (χ3v) is 8.31. The molecule has 1 aromatic rings. The van der Waals surface area contributed by atoms with Crippen LogP contribution in [0, 0.1) is 34.9 Å². The Morgan fingerprint density at radius 3 is 2.62 bits per heavy atom. The molecular weight excluding hydrogens is 363 g/mol. The smallest absolute Gasteiger partial charge is 0.142 e. The van der Waals surface area contributed by atoms with E-state index in [1.165, 1.54) is 37.2 Å². The molecule has 4 aliphatic carbocycles. The van der Waals surface area contributed by atoms with E-state index in [-0.39, 0.29) is 11.2 Å². The van der Waals surface area contributed by atoms with Crippen LogP contribution < -0.4 is 5.73 Å². The van der Waals surface area contributed by atoms with Crippen molar-refractivity contribution in [2.45, 2.75) is 64.4 Å². The average molecular weight is 399 g/mol. The maximum Gasteiger partial charge on any atom is 0.142 e. The Kier molecular flexibility index (Phi) is 5.45. The molecule has 2 saturated carbocycles. The minimum Gasteiger partial charge on any atom is -0.390 e. The topological polar surface area (TPSA) is 59.1 Å². The highest BCUT2D eigenvalue weighted by atomic mass is 19.1. The maximum atomic E-state index is 13.8. The van der Waals surface area contributed by atoms with Crippen molar-refractivity contribution in [3.63, 3.8) is 0 Å². The third-order valence-electron chi connectivity index (χ3n) is 8.31. The summed E-state index contributed by atoms with van der Waals surface area (Å²) in [5.74, 6) is 2.56. The van der Waals surface area contributed by atoms with Crippen LogP contribution in [-0.2, 0) is 0 Å². The molecule has 1 aromatic heterocycles. The van der Waals surface area contributed by atoms with Gasteiger partial charge in [0.25, 0.3) is 0 Å². The van der Waals surface area contributed by atoms with Gasteiger partial charge in [-0.2, -0.15) is 0 Å². The molecule has 158 valence electrons. The lowest BCUT2D eigenvalue weighted by Crippen LogP contribution is -2.46. The van der Waals surface area contributed by atoms with Gasteiger partial charge in [-0.3, -0.25) is 4.98 Å². The first kappa shape index (κ1) is 20.7. The first-order chi connectivity index (χ1) is 13.9. The molecule has 0 bridgehead atoms. The van der Waals surface area contributed by atoms with Gasteiger partial charge in [-0.1, -0.05) is 24.6 Å². The van der Waals surface area contributed by atoms with Gasteiger partial charge in [0.05, 0.1) is 11.8 Å². The molecule has 0 aliphatic heterocycles. The number of pyridine rings is 1. The summed E-state index contributed by atoms with van der Waals surface area (Å²) in [6, 6.07) is 1.65. The second-order valence-electron chi connectivity index (χ2n) is 9.97. The molecule has 6 atom stereocenters. The van der Waals surface area contributed by atoms with Gasteiger partial charge in [0.2, 0.25) is 0 Å². The van der Waals surface area contributed by atoms with Crippen molar-refractivity contribution in [2.24, 2.45) is 34.8 Å². The number of aliphatic hydroxyl groups is 1. The average Bonchev–Trinajstić information content (AvgIpc) is 3.05. The Balaban J connectivity index is 0.000000994. The van der Waals surface area contributed by atoms with Gasteiger partial charge < -0.3 is 10.8 Å². The van der Waals surface area contributed by atoms with E-state index in [2.05, 4.69) is 29.8 Å². The number of allylic oxidation sites excluding steroid dienone is 3. The molecule has 0 saturated heterocycles. The normalized spacial score (nSPS) is 40.5. The highest BCUT2D eigenvalue weighted by Crippen LogP contribution is 2.63. The number of halogens is 1. The zero-order valence-electron chi connectivity index (χ0n) is 18.0. The largest absolute Gasteiger partial charge is 0.390 e. The summed E-state index contributed by atoms with van der Waals surface area (Å²) >= 11 is 0. The van der Waals surface area contributed by atoms with Gasteiger partial charge in [0, 0.05) is 6.20 Å². The van der Waals surface area contributed by atoms with Crippen LogP contribution in [0.1, 0.15) is 64.4 Å². The van der Waals surface area contributed by atoms with Crippen LogP contribution in [0.15, 0.2) is 36.2 Å². The molecular formula is C25H35FN2O. The number of nitrogens with zero attached hydrogens (tertiary/aromatic N) is 1. The van der Waals surface area contributed by atoms with Gasteiger partial charge in [0.1, 0.15) is 5.82 Å². The summed E-state index contributed by atoms with van der Waals surface area (Å²) in [5.41, 5.74) is 7.95. The predicted molar refractivity (Wildman–Crippen MR) is 115 cm³/mol. The van der Waals surface area contributed by atoms with Crippen molar-refractivity contribution >= 4 is 5.57 Å². The molecule has 3 nitrogen and oxygen atoms in total. The van der Waals surface area contributed by atoms with E-state index in [9.17, 15) is 9.50 Å². The van der Waals surface area contributed by atoms with Gasteiger partial charge in [-0.05, 0) is 105 Å². The lowest BCUT2D eigenvalue weighted by molar-refractivity contribution is -0.0122. The van der Waals surface area contributed by atoms with E-state index in [4.69, 9.17) is 0 Å². The first-order valence-corrected chi connectivity index (χ1v) is 11.2.